The van der Waals surface area contributed by atoms with Gasteiger partial charge in [0.2, 0.25) is 0 Å². The maximum atomic E-state index is 2.21. The topological polar surface area (TPSA) is 0 Å². The molecule has 0 atom stereocenters. The first-order valence-corrected chi connectivity index (χ1v) is 5.62. The Morgan fingerprint density at radius 3 is 2.62 bits per heavy atom. The van der Waals surface area contributed by atoms with E-state index in [1.165, 1.54) is 16.7 Å². The number of rotatable bonds is 2. The van der Waals surface area contributed by atoms with Crippen molar-refractivity contribution in [3.63, 3.8) is 0 Å². The Hall–Kier alpha value is -1.82. The number of hydrogen-bond acceptors (Lipinski definition) is 0. The van der Waals surface area contributed by atoms with Gasteiger partial charge < -0.3 is 0 Å². The molecule has 0 N–H and O–H groups in total. The summed E-state index contributed by atoms with van der Waals surface area (Å²) < 4.78 is 0. The van der Waals surface area contributed by atoms with E-state index < -0.39 is 0 Å². The Kier molecular flexibility index (Phi) is 3.55. The van der Waals surface area contributed by atoms with Crippen LogP contribution in [0.3, 0.4) is 0 Å². The average molecular weight is 208 g/mol. The standard InChI is InChI=1S/C16H16/c1-14-6-5-9-16(11-10-14)13-12-15-7-3-2-4-8-15/h2-5,7-13H,6H2,1H3/b13-12+. The molecule has 0 amide bonds. The molecular weight excluding hydrogens is 192 g/mol. The van der Waals surface area contributed by atoms with Crippen LogP contribution in [0.2, 0.25) is 0 Å². The molecule has 0 saturated carbocycles. The quantitative estimate of drug-likeness (QED) is 0.669. The summed E-state index contributed by atoms with van der Waals surface area (Å²) in [5.74, 6) is 0. The van der Waals surface area contributed by atoms with E-state index in [9.17, 15) is 0 Å². The zero-order valence-electron chi connectivity index (χ0n) is 9.56. The molecule has 1 aliphatic carbocycles. The number of allylic oxidation sites excluding steroid dienone is 7. The van der Waals surface area contributed by atoms with Gasteiger partial charge in [0, 0.05) is 0 Å². The van der Waals surface area contributed by atoms with Gasteiger partial charge in [-0.15, -0.1) is 0 Å². The first kappa shape index (κ1) is 10.7. The van der Waals surface area contributed by atoms with E-state index in [1.807, 2.05) is 6.07 Å². The van der Waals surface area contributed by atoms with Crippen molar-refractivity contribution in [3.8, 4) is 0 Å². The van der Waals surface area contributed by atoms with Crippen LogP contribution in [0.5, 0.6) is 0 Å². The fraction of sp³-hybridized carbons (Fsp3) is 0.125. The molecule has 0 nitrogen and oxygen atoms in total. The molecule has 0 fully saturated rings. The molecule has 1 aromatic rings. The minimum absolute atomic E-state index is 1.05. The van der Waals surface area contributed by atoms with Crippen LogP contribution in [0.25, 0.3) is 6.08 Å². The Balaban J connectivity index is 2.13. The van der Waals surface area contributed by atoms with Gasteiger partial charge in [-0.25, -0.2) is 0 Å². The van der Waals surface area contributed by atoms with Gasteiger partial charge in [-0.1, -0.05) is 72.4 Å². The molecule has 1 aliphatic rings. The van der Waals surface area contributed by atoms with Crippen LogP contribution in [-0.4, -0.2) is 0 Å². The van der Waals surface area contributed by atoms with Crippen molar-refractivity contribution in [2.24, 2.45) is 0 Å². The van der Waals surface area contributed by atoms with E-state index in [0.717, 1.165) is 6.42 Å². The van der Waals surface area contributed by atoms with Crippen LogP contribution in [0.15, 0.2) is 71.9 Å². The Bertz CT molecular complexity index is 456. The molecule has 0 aliphatic heterocycles. The van der Waals surface area contributed by atoms with Crippen molar-refractivity contribution in [2.75, 3.05) is 0 Å². The molecule has 0 radical (unpaired) electrons. The van der Waals surface area contributed by atoms with Gasteiger partial charge in [-0.05, 0) is 24.5 Å². The van der Waals surface area contributed by atoms with E-state index in [-0.39, 0.29) is 0 Å². The van der Waals surface area contributed by atoms with Crippen molar-refractivity contribution in [1.29, 1.82) is 0 Å². The summed E-state index contributed by atoms with van der Waals surface area (Å²) >= 11 is 0. The van der Waals surface area contributed by atoms with Gasteiger partial charge in [0.1, 0.15) is 0 Å². The summed E-state index contributed by atoms with van der Waals surface area (Å²) in [5, 5.41) is 0. The fourth-order valence-corrected chi connectivity index (χ4v) is 1.61. The van der Waals surface area contributed by atoms with E-state index in [0.29, 0.717) is 0 Å². The summed E-state index contributed by atoms with van der Waals surface area (Å²) in [7, 11) is 0. The maximum absolute atomic E-state index is 2.21. The highest BCUT2D eigenvalue weighted by Gasteiger charge is 1.92. The molecule has 0 unspecified atom stereocenters. The van der Waals surface area contributed by atoms with E-state index >= 15 is 0 Å². The summed E-state index contributed by atoms with van der Waals surface area (Å²) in [6, 6.07) is 10.4. The molecule has 16 heavy (non-hydrogen) atoms. The lowest BCUT2D eigenvalue weighted by atomic mass is 10.1. The molecule has 80 valence electrons. The molecule has 0 spiro atoms. The van der Waals surface area contributed by atoms with Crippen LogP contribution < -0.4 is 0 Å². The van der Waals surface area contributed by atoms with Crippen molar-refractivity contribution in [1.82, 2.24) is 0 Å². The first-order chi connectivity index (χ1) is 7.84. The summed E-state index contributed by atoms with van der Waals surface area (Å²) in [4.78, 5) is 0. The van der Waals surface area contributed by atoms with Crippen LogP contribution in [0.4, 0.5) is 0 Å². The molecule has 0 heterocycles. The fourth-order valence-electron chi connectivity index (χ4n) is 1.61. The third-order valence-electron chi connectivity index (χ3n) is 2.58. The van der Waals surface area contributed by atoms with E-state index in [1.54, 1.807) is 0 Å². The average Bonchev–Trinajstić information content (AvgIpc) is 2.53. The smallest absolute Gasteiger partial charge is 0.0135 e. The van der Waals surface area contributed by atoms with Gasteiger partial charge in [-0.3, -0.25) is 0 Å². The summed E-state index contributed by atoms with van der Waals surface area (Å²) in [5.41, 5.74) is 3.89. The van der Waals surface area contributed by atoms with E-state index in [2.05, 4.69) is 67.6 Å². The van der Waals surface area contributed by atoms with Gasteiger partial charge in [0.05, 0.1) is 0 Å². The SMILES string of the molecule is CC1=CC=C(/C=C/c2ccccc2)C=CC1. The second kappa shape index (κ2) is 5.32. The van der Waals surface area contributed by atoms with Crippen LogP contribution in [-0.2, 0) is 0 Å². The molecule has 0 aromatic heterocycles. The predicted molar refractivity (Wildman–Crippen MR) is 71.1 cm³/mol. The highest BCUT2D eigenvalue weighted by atomic mass is 14.0. The lowest BCUT2D eigenvalue weighted by Crippen LogP contribution is -1.71. The van der Waals surface area contributed by atoms with Crippen LogP contribution in [0, 0.1) is 0 Å². The summed E-state index contributed by atoms with van der Waals surface area (Å²) in [6.07, 6.45) is 14.1. The van der Waals surface area contributed by atoms with Crippen LogP contribution in [0.1, 0.15) is 18.9 Å². The monoisotopic (exact) mass is 208 g/mol. The van der Waals surface area contributed by atoms with Gasteiger partial charge in [0.15, 0.2) is 0 Å². The Morgan fingerprint density at radius 1 is 1.00 bits per heavy atom. The lowest BCUT2D eigenvalue weighted by Gasteiger charge is -1.92. The Labute approximate surface area is 97.3 Å². The number of hydrogen-bond donors (Lipinski definition) is 0. The zero-order valence-corrected chi connectivity index (χ0v) is 9.56. The molecule has 2 rings (SSSR count). The molecule has 0 saturated heterocycles. The molecular formula is C16H16. The zero-order chi connectivity index (χ0) is 11.2. The lowest BCUT2D eigenvalue weighted by molar-refractivity contribution is 1.22. The van der Waals surface area contributed by atoms with E-state index in [4.69, 9.17) is 0 Å². The summed E-state index contributed by atoms with van der Waals surface area (Å²) in [6.45, 7) is 2.16. The van der Waals surface area contributed by atoms with Crippen molar-refractivity contribution in [3.05, 3.63) is 77.4 Å². The van der Waals surface area contributed by atoms with Gasteiger partial charge in [-0.2, -0.15) is 0 Å². The highest BCUT2D eigenvalue weighted by molar-refractivity contribution is 5.55. The second-order valence-corrected chi connectivity index (χ2v) is 4.03. The Morgan fingerprint density at radius 2 is 1.81 bits per heavy atom. The highest BCUT2D eigenvalue weighted by Crippen LogP contribution is 2.12. The molecule has 1 aromatic carbocycles. The first-order valence-electron chi connectivity index (χ1n) is 5.62. The largest absolute Gasteiger partial charge is 0.0799 e. The maximum Gasteiger partial charge on any atom is -0.0135 e. The van der Waals surface area contributed by atoms with Gasteiger partial charge in [0.25, 0.3) is 0 Å². The number of benzene rings is 1. The minimum atomic E-state index is 1.05. The molecule has 0 bridgehead atoms. The third-order valence-corrected chi connectivity index (χ3v) is 2.58. The normalized spacial score (nSPS) is 15.8. The minimum Gasteiger partial charge on any atom is -0.0799 e. The van der Waals surface area contributed by atoms with Crippen LogP contribution >= 0.6 is 0 Å². The van der Waals surface area contributed by atoms with Gasteiger partial charge >= 0.3 is 0 Å². The second-order valence-electron chi connectivity index (χ2n) is 4.03. The van der Waals surface area contributed by atoms with Crippen molar-refractivity contribution in [2.45, 2.75) is 13.3 Å². The third kappa shape index (κ3) is 3.09. The predicted octanol–water partition coefficient (Wildman–Crippen LogP) is 4.53. The molecule has 0 heteroatoms. The van der Waals surface area contributed by atoms with Crippen molar-refractivity contribution < 1.29 is 0 Å². The van der Waals surface area contributed by atoms with Crippen molar-refractivity contribution >= 4 is 6.08 Å².